The predicted molar refractivity (Wildman–Crippen MR) is 75.7 cm³/mol. The van der Waals surface area contributed by atoms with Crippen LogP contribution in [0.1, 0.15) is 6.04 Å². The molecule has 2 fully saturated rings. The molecule has 0 unspecified atom stereocenters. The summed E-state index contributed by atoms with van der Waals surface area (Å²) in [5, 5.41) is 0. The largest absolute Gasteiger partial charge is 0.382 e. The highest BCUT2D eigenvalue weighted by molar-refractivity contribution is 5.81. The average molecular weight is 290 g/mol. The standard InChI is InChI=1S/C13H18N6O2/c1-18(2)7-3-20-11-8(4-21-10(7)11)19-6-17-9-12(14)15-5-16-13(9)19/h5-8,10-11H,3-4H2,1-2H3,(H2,14,15,16)/t7-,8+,10-,11-/m1/s1. The first-order chi connectivity index (χ1) is 10.2. The van der Waals surface area contributed by atoms with E-state index in [2.05, 4.69) is 19.9 Å². The lowest BCUT2D eigenvalue weighted by Gasteiger charge is -2.22. The minimum Gasteiger partial charge on any atom is -0.382 e. The fourth-order valence-electron chi connectivity index (χ4n) is 3.25. The summed E-state index contributed by atoms with van der Waals surface area (Å²) >= 11 is 0. The maximum absolute atomic E-state index is 5.98. The summed E-state index contributed by atoms with van der Waals surface area (Å²) < 4.78 is 13.9. The van der Waals surface area contributed by atoms with Gasteiger partial charge in [-0.3, -0.25) is 0 Å². The van der Waals surface area contributed by atoms with Crippen LogP contribution in [0, 0.1) is 0 Å². The van der Waals surface area contributed by atoms with Crippen molar-refractivity contribution in [3.63, 3.8) is 0 Å². The van der Waals surface area contributed by atoms with Crippen LogP contribution in [0.4, 0.5) is 5.82 Å². The van der Waals surface area contributed by atoms with E-state index >= 15 is 0 Å². The van der Waals surface area contributed by atoms with E-state index in [-0.39, 0.29) is 24.3 Å². The van der Waals surface area contributed by atoms with E-state index in [0.29, 0.717) is 24.5 Å². The van der Waals surface area contributed by atoms with Gasteiger partial charge in [-0.05, 0) is 14.1 Å². The number of fused-ring (bicyclic) bond motifs is 2. The summed E-state index contributed by atoms with van der Waals surface area (Å²) in [7, 11) is 4.10. The fourth-order valence-corrected chi connectivity index (χ4v) is 3.25. The summed E-state index contributed by atoms with van der Waals surface area (Å²) in [6, 6.07) is 0.355. The Hall–Kier alpha value is -1.77. The number of likely N-dealkylation sites (N-methyl/N-ethyl adjacent to an activating group) is 1. The van der Waals surface area contributed by atoms with Gasteiger partial charge in [0.15, 0.2) is 11.5 Å². The van der Waals surface area contributed by atoms with Gasteiger partial charge in [0.05, 0.1) is 31.6 Å². The average Bonchev–Trinajstić information content (AvgIpc) is 3.11. The number of nitrogens with two attached hydrogens (primary N) is 1. The van der Waals surface area contributed by atoms with Gasteiger partial charge in [0, 0.05) is 0 Å². The molecule has 0 bridgehead atoms. The summed E-state index contributed by atoms with van der Waals surface area (Å²) in [6.45, 7) is 1.28. The van der Waals surface area contributed by atoms with Gasteiger partial charge in [0.2, 0.25) is 0 Å². The highest BCUT2D eigenvalue weighted by Crippen LogP contribution is 2.36. The van der Waals surface area contributed by atoms with Gasteiger partial charge in [-0.25, -0.2) is 15.0 Å². The molecule has 8 heteroatoms. The lowest BCUT2D eigenvalue weighted by atomic mass is 10.1. The normalized spacial score (nSPS) is 32.1. The van der Waals surface area contributed by atoms with Gasteiger partial charge in [-0.1, -0.05) is 0 Å². The molecule has 112 valence electrons. The highest BCUT2D eigenvalue weighted by atomic mass is 16.6. The number of nitrogen functional groups attached to an aromatic ring is 1. The molecule has 4 heterocycles. The maximum Gasteiger partial charge on any atom is 0.165 e. The van der Waals surface area contributed by atoms with Crippen LogP contribution in [0.5, 0.6) is 0 Å². The Balaban J connectivity index is 1.70. The first-order valence-electron chi connectivity index (χ1n) is 6.99. The SMILES string of the molecule is CN(C)[C@@H]1CO[C@H]2[C@@H]1OC[C@@H]2n1cnc2c(N)ncnc21. The maximum atomic E-state index is 5.98. The van der Waals surface area contributed by atoms with Gasteiger partial charge >= 0.3 is 0 Å². The van der Waals surface area contributed by atoms with E-state index in [4.69, 9.17) is 15.2 Å². The molecule has 2 N–H and O–H groups in total. The van der Waals surface area contributed by atoms with Gasteiger partial charge in [-0.2, -0.15) is 0 Å². The zero-order chi connectivity index (χ0) is 14.6. The highest BCUT2D eigenvalue weighted by Gasteiger charge is 2.49. The van der Waals surface area contributed by atoms with Gasteiger partial charge in [0.1, 0.15) is 24.1 Å². The van der Waals surface area contributed by atoms with E-state index in [1.807, 2.05) is 18.7 Å². The Labute approximate surface area is 121 Å². The van der Waals surface area contributed by atoms with Crippen LogP contribution in [0.15, 0.2) is 12.7 Å². The lowest BCUT2D eigenvalue weighted by molar-refractivity contribution is 0.0537. The fraction of sp³-hybridized carbons (Fsp3) is 0.615. The van der Waals surface area contributed by atoms with Crippen LogP contribution in [-0.2, 0) is 9.47 Å². The molecule has 0 amide bonds. The van der Waals surface area contributed by atoms with Crippen LogP contribution in [0.25, 0.3) is 11.2 Å². The van der Waals surface area contributed by atoms with E-state index in [9.17, 15) is 0 Å². The molecule has 2 aromatic heterocycles. The first-order valence-corrected chi connectivity index (χ1v) is 6.99. The number of hydrogen-bond acceptors (Lipinski definition) is 7. The molecule has 0 radical (unpaired) electrons. The molecule has 0 aromatic carbocycles. The molecule has 0 aliphatic carbocycles. The van der Waals surface area contributed by atoms with Crippen molar-refractivity contribution >= 4 is 17.0 Å². The summed E-state index contributed by atoms with van der Waals surface area (Å²) in [4.78, 5) is 14.7. The third-order valence-corrected chi connectivity index (χ3v) is 4.41. The van der Waals surface area contributed by atoms with Crippen molar-refractivity contribution < 1.29 is 9.47 Å². The van der Waals surface area contributed by atoms with E-state index in [0.717, 1.165) is 5.65 Å². The first kappa shape index (κ1) is 12.9. The summed E-state index contributed by atoms with van der Waals surface area (Å²) in [6.07, 6.45) is 3.31. The number of nitrogens with zero attached hydrogens (tertiary/aromatic N) is 5. The van der Waals surface area contributed by atoms with Crippen LogP contribution in [-0.4, -0.2) is 70.0 Å². The minimum absolute atomic E-state index is 0.0194. The monoisotopic (exact) mass is 290 g/mol. The number of rotatable bonds is 2. The van der Waals surface area contributed by atoms with Crippen molar-refractivity contribution in [1.29, 1.82) is 0 Å². The van der Waals surface area contributed by atoms with Crippen molar-refractivity contribution in [1.82, 2.24) is 24.4 Å². The quantitative estimate of drug-likeness (QED) is 0.810. The van der Waals surface area contributed by atoms with E-state index < -0.39 is 0 Å². The third kappa shape index (κ3) is 1.83. The van der Waals surface area contributed by atoms with Crippen LogP contribution < -0.4 is 5.73 Å². The van der Waals surface area contributed by atoms with Crippen LogP contribution >= 0.6 is 0 Å². The van der Waals surface area contributed by atoms with Crippen molar-refractivity contribution in [3.8, 4) is 0 Å². The van der Waals surface area contributed by atoms with Crippen molar-refractivity contribution in [2.45, 2.75) is 24.3 Å². The molecule has 2 aromatic rings. The molecule has 2 aliphatic rings. The molecule has 2 aliphatic heterocycles. The predicted octanol–water partition coefficient (Wildman–Crippen LogP) is -0.323. The molecular formula is C13H18N6O2. The molecule has 4 rings (SSSR count). The zero-order valence-electron chi connectivity index (χ0n) is 12.0. The summed E-state index contributed by atoms with van der Waals surface area (Å²) in [5.41, 5.74) is 7.20. The minimum atomic E-state index is 0.0194. The Bertz CT molecular complexity index is 672. The molecule has 8 nitrogen and oxygen atoms in total. The number of aromatic nitrogens is 4. The van der Waals surface area contributed by atoms with Gasteiger partial charge in [-0.15, -0.1) is 0 Å². The second-order valence-corrected chi connectivity index (χ2v) is 5.78. The van der Waals surface area contributed by atoms with Gasteiger partial charge < -0.3 is 24.7 Å². The number of hydrogen-bond donors (Lipinski definition) is 1. The Morgan fingerprint density at radius 2 is 2.00 bits per heavy atom. The van der Waals surface area contributed by atoms with E-state index in [1.165, 1.54) is 6.33 Å². The zero-order valence-corrected chi connectivity index (χ0v) is 12.0. The van der Waals surface area contributed by atoms with Crippen molar-refractivity contribution in [3.05, 3.63) is 12.7 Å². The Morgan fingerprint density at radius 3 is 2.81 bits per heavy atom. The third-order valence-electron chi connectivity index (χ3n) is 4.41. The second kappa shape index (κ2) is 4.62. The number of imidazole rings is 1. The van der Waals surface area contributed by atoms with Crippen molar-refractivity contribution in [2.75, 3.05) is 33.0 Å². The lowest BCUT2D eigenvalue weighted by Crippen LogP contribution is -2.39. The number of ether oxygens (including phenoxy) is 2. The topological polar surface area (TPSA) is 91.3 Å². The molecular weight excluding hydrogens is 272 g/mol. The second-order valence-electron chi connectivity index (χ2n) is 5.78. The summed E-state index contributed by atoms with van der Waals surface area (Å²) in [5.74, 6) is 0.396. The van der Waals surface area contributed by atoms with Crippen LogP contribution in [0.2, 0.25) is 0 Å². The smallest absolute Gasteiger partial charge is 0.165 e. The molecule has 2 saturated heterocycles. The van der Waals surface area contributed by atoms with Crippen LogP contribution in [0.3, 0.4) is 0 Å². The molecule has 21 heavy (non-hydrogen) atoms. The number of anilines is 1. The molecule has 4 atom stereocenters. The van der Waals surface area contributed by atoms with Gasteiger partial charge in [0.25, 0.3) is 0 Å². The molecule has 0 spiro atoms. The Morgan fingerprint density at radius 1 is 1.19 bits per heavy atom. The Kier molecular flexibility index (Phi) is 2.84. The van der Waals surface area contributed by atoms with Crippen molar-refractivity contribution in [2.24, 2.45) is 0 Å². The molecule has 0 saturated carbocycles. The van der Waals surface area contributed by atoms with E-state index in [1.54, 1.807) is 6.33 Å².